The summed E-state index contributed by atoms with van der Waals surface area (Å²) in [6.07, 6.45) is 3.39. The SMILES string of the molecule is Cc1c(CCC(=O)N[C@@H]2C=CS(=O)(=O)C2)c(=O)oc2cc3occ(-c4ccccc4)c3cc12. The predicted octanol–water partition coefficient (Wildman–Crippen LogP) is 3.87. The lowest BCUT2D eigenvalue weighted by Gasteiger charge is -2.11. The van der Waals surface area contributed by atoms with Crippen molar-refractivity contribution in [1.82, 2.24) is 5.32 Å². The number of carbonyl (C=O) groups excluding carboxylic acids is 1. The van der Waals surface area contributed by atoms with Crippen molar-refractivity contribution in [3.05, 3.63) is 81.8 Å². The summed E-state index contributed by atoms with van der Waals surface area (Å²) in [7, 11) is -3.25. The maximum Gasteiger partial charge on any atom is 0.339 e. The fraction of sp³-hybridized carbons (Fsp3) is 0.200. The first-order valence-electron chi connectivity index (χ1n) is 10.5. The molecule has 0 saturated carbocycles. The molecule has 2 aromatic heterocycles. The van der Waals surface area contributed by atoms with E-state index >= 15 is 0 Å². The van der Waals surface area contributed by atoms with Gasteiger partial charge in [0, 0.05) is 39.8 Å². The Labute approximate surface area is 189 Å². The van der Waals surface area contributed by atoms with Crippen molar-refractivity contribution in [2.75, 3.05) is 5.75 Å². The molecule has 1 N–H and O–H groups in total. The molecule has 3 heterocycles. The Hall–Kier alpha value is -3.65. The lowest BCUT2D eigenvalue weighted by molar-refractivity contribution is -0.121. The molecule has 0 radical (unpaired) electrons. The van der Waals surface area contributed by atoms with Gasteiger partial charge >= 0.3 is 5.63 Å². The van der Waals surface area contributed by atoms with Gasteiger partial charge in [-0.1, -0.05) is 30.3 Å². The number of rotatable bonds is 5. The predicted molar refractivity (Wildman–Crippen MR) is 126 cm³/mol. The van der Waals surface area contributed by atoms with Crippen LogP contribution in [0.25, 0.3) is 33.1 Å². The first-order valence-corrected chi connectivity index (χ1v) is 12.3. The third kappa shape index (κ3) is 4.09. The molecule has 1 atom stereocenters. The Kier molecular flexibility index (Phi) is 5.17. The third-order valence-electron chi connectivity index (χ3n) is 5.94. The molecule has 7 nitrogen and oxygen atoms in total. The van der Waals surface area contributed by atoms with E-state index in [-0.39, 0.29) is 24.5 Å². The van der Waals surface area contributed by atoms with Crippen LogP contribution in [-0.2, 0) is 21.1 Å². The van der Waals surface area contributed by atoms with Crippen molar-refractivity contribution >= 4 is 37.7 Å². The monoisotopic (exact) mass is 463 g/mol. The van der Waals surface area contributed by atoms with Gasteiger partial charge in [-0.25, -0.2) is 13.2 Å². The molecule has 2 aromatic carbocycles. The number of fused-ring (bicyclic) bond motifs is 2. The van der Waals surface area contributed by atoms with Crippen LogP contribution in [0.2, 0.25) is 0 Å². The number of sulfone groups is 1. The maximum atomic E-state index is 12.6. The second kappa shape index (κ2) is 8.04. The summed E-state index contributed by atoms with van der Waals surface area (Å²) in [4.78, 5) is 25.0. The molecular formula is C25H21NO6S. The minimum Gasteiger partial charge on any atom is -0.464 e. The largest absolute Gasteiger partial charge is 0.464 e. The summed E-state index contributed by atoms with van der Waals surface area (Å²) in [5, 5.41) is 5.47. The van der Waals surface area contributed by atoms with Gasteiger partial charge in [-0.3, -0.25) is 4.79 Å². The van der Waals surface area contributed by atoms with Gasteiger partial charge in [-0.2, -0.15) is 0 Å². The number of furan rings is 1. The van der Waals surface area contributed by atoms with Gasteiger partial charge < -0.3 is 14.2 Å². The maximum absolute atomic E-state index is 12.6. The van der Waals surface area contributed by atoms with Crippen molar-refractivity contribution in [3.63, 3.8) is 0 Å². The average Bonchev–Trinajstić information content (AvgIpc) is 3.35. The summed E-state index contributed by atoms with van der Waals surface area (Å²) in [5.74, 6) is -0.461. The molecule has 1 aliphatic rings. The van der Waals surface area contributed by atoms with Gasteiger partial charge in [-0.15, -0.1) is 0 Å². The van der Waals surface area contributed by atoms with Gasteiger partial charge in [-0.05, 0) is 36.6 Å². The van der Waals surface area contributed by atoms with Gasteiger partial charge in [0.1, 0.15) is 11.2 Å². The molecule has 33 heavy (non-hydrogen) atoms. The van der Waals surface area contributed by atoms with Gasteiger partial charge in [0.05, 0.1) is 18.1 Å². The van der Waals surface area contributed by atoms with E-state index in [1.807, 2.05) is 43.3 Å². The molecule has 168 valence electrons. The van der Waals surface area contributed by atoms with Crippen molar-refractivity contribution in [2.24, 2.45) is 0 Å². The number of aryl methyl sites for hydroxylation is 1. The Bertz CT molecular complexity index is 1580. The average molecular weight is 464 g/mol. The van der Waals surface area contributed by atoms with Crippen LogP contribution < -0.4 is 10.9 Å². The van der Waals surface area contributed by atoms with Crippen molar-refractivity contribution in [1.29, 1.82) is 0 Å². The highest BCUT2D eigenvalue weighted by Gasteiger charge is 2.23. The van der Waals surface area contributed by atoms with Gasteiger partial charge in [0.25, 0.3) is 0 Å². The van der Waals surface area contributed by atoms with Crippen LogP contribution in [0.4, 0.5) is 0 Å². The summed E-state index contributed by atoms with van der Waals surface area (Å²) in [6, 6.07) is 13.0. The molecule has 0 bridgehead atoms. The number of benzene rings is 2. The highest BCUT2D eigenvalue weighted by molar-refractivity contribution is 7.94. The standard InChI is InChI=1S/C25H21NO6S/c1-15-18(7-8-24(27)26-17-9-10-33(29,30)14-17)25(28)32-23-12-22-20(11-19(15)23)21(13-31-22)16-5-3-2-4-6-16/h2-6,9-13,17H,7-8,14H2,1H3,(H,26,27)/t17-/m1/s1. The first kappa shape index (κ1) is 21.2. The fourth-order valence-corrected chi connectivity index (χ4v) is 5.46. The van der Waals surface area contributed by atoms with E-state index in [2.05, 4.69) is 5.32 Å². The van der Waals surface area contributed by atoms with Crippen LogP contribution in [0.1, 0.15) is 17.5 Å². The van der Waals surface area contributed by atoms with Crippen molar-refractivity contribution in [3.8, 4) is 11.1 Å². The molecule has 5 rings (SSSR count). The molecule has 4 aromatic rings. The van der Waals surface area contributed by atoms with E-state index in [4.69, 9.17) is 8.83 Å². The van der Waals surface area contributed by atoms with Gasteiger partial charge in [0.2, 0.25) is 5.91 Å². The van der Waals surface area contributed by atoms with Crippen LogP contribution in [0, 0.1) is 6.92 Å². The van der Waals surface area contributed by atoms with Crippen molar-refractivity contribution < 1.29 is 22.0 Å². The minimum absolute atomic E-state index is 0.0463. The molecule has 0 spiro atoms. The number of hydrogen-bond donors (Lipinski definition) is 1. The summed E-state index contributed by atoms with van der Waals surface area (Å²) in [5.41, 5.74) is 3.69. The van der Waals surface area contributed by atoms with Gasteiger partial charge in [0.15, 0.2) is 9.84 Å². The topological polar surface area (TPSA) is 107 Å². The van der Waals surface area contributed by atoms with Crippen LogP contribution in [0.15, 0.2) is 73.8 Å². The Morgan fingerprint density at radius 3 is 2.64 bits per heavy atom. The molecule has 0 unspecified atom stereocenters. The van der Waals surface area contributed by atoms with Crippen molar-refractivity contribution in [2.45, 2.75) is 25.8 Å². The molecule has 0 fully saturated rings. The second-order valence-electron chi connectivity index (χ2n) is 8.19. The summed E-state index contributed by atoms with van der Waals surface area (Å²) >= 11 is 0. The molecule has 1 amide bonds. The molecular weight excluding hydrogens is 442 g/mol. The van der Waals surface area contributed by atoms with Crippen LogP contribution in [-0.4, -0.2) is 26.1 Å². The van der Waals surface area contributed by atoms with E-state index in [1.54, 1.807) is 12.3 Å². The normalized spacial score (nSPS) is 17.1. The zero-order chi connectivity index (χ0) is 23.2. The van der Waals surface area contributed by atoms with E-state index in [0.717, 1.165) is 32.9 Å². The highest BCUT2D eigenvalue weighted by Crippen LogP contribution is 2.34. The Morgan fingerprint density at radius 2 is 1.91 bits per heavy atom. The fourth-order valence-electron chi connectivity index (χ4n) is 4.22. The summed E-state index contributed by atoms with van der Waals surface area (Å²) in [6.45, 7) is 1.84. The molecule has 1 aliphatic heterocycles. The molecule has 0 aliphatic carbocycles. The first-order chi connectivity index (χ1) is 15.8. The lowest BCUT2D eigenvalue weighted by Crippen LogP contribution is -2.35. The van der Waals surface area contributed by atoms with E-state index in [1.165, 1.54) is 6.08 Å². The Balaban J connectivity index is 1.44. The number of carbonyl (C=O) groups is 1. The zero-order valence-electron chi connectivity index (χ0n) is 17.8. The van der Waals surface area contributed by atoms with Crippen LogP contribution >= 0.6 is 0 Å². The number of nitrogens with one attached hydrogen (secondary N) is 1. The quantitative estimate of drug-likeness (QED) is 0.450. The Morgan fingerprint density at radius 1 is 1.12 bits per heavy atom. The lowest BCUT2D eigenvalue weighted by atomic mass is 9.99. The molecule has 0 saturated heterocycles. The summed E-state index contributed by atoms with van der Waals surface area (Å²) < 4.78 is 34.3. The van der Waals surface area contributed by atoms with E-state index in [9.17, 15) is 18.0 Å². The zero-order valence-corrected chi connectivity index (χ0v) is 18.6. The minimum atomic E-state index is -3.25. The van der Waals surface area contributed by atoms with Crippen LogP contribution in [0.5, 0.6) is 0 Å². The highest BCUT2D eigenvalue weighted by atomic mass is 32.2. The van der Waals surface area contributed by atoms with E-state index in [0.29, 0.717) is 16.7 Å². The number of hydrogen-bond acceptors (Lipinski definition) is 6. The van der Waals surface area contributed by atoms with Crippen LogP contribution in [0.3, 0.4) is 0 Å². The second-order valence-corrected chi connectivity index (χ2v) is 10.1. The number of amides is 1. The third-order valence-corrected chi connectivity index (χ3v) is 7.34. The van der Waals surface area contributed by atoms with E-state index < -0.39 is 21.5 Å². The smallest absolute Gasteiger partial charge is 0.339 e. The molecule has 8 heteroatoms.